The van der Waals surface area contributed by atoms with Crippen molar-refractivity contribution < 1.29 is 0 Å². The van der Waals surface area contributed by atoms with Gasteiger partial charge in [-0.1, -0.05) is 0 Å². The van der Waals surface area contributed by atoms with Crippen LogP contribution in [0.2, 0.25) is 0 Å². The summed E-state index contributed by atoms with van der Waals surface area (Å²) in [6, 6.07) is 0. The number of amidine groups is 1. The van der Waals surface area contributed by atoms with E-state index >= 15 is 0 Å². The fourth-order valence-corrected chi connectivity index (χ4v) is 2.56. The standard InChI is InChI=1S/C8H11N3S/c9-8(10)6-4-12-7-3-11-2-1-5(6)7/h4,11H,1-3H2,(H3,9,10). The van der Waals surface area contributed by atoms with E-state index in [4.69, 9.17) is 11.1 Å². The van der Waals surface area contributed by atoms with Crippen LogP contribution >= 0.6 is 11.3 Å². The van der Waals surface area contributed by atoms with Gasteiger partial charge in [-0.15, -0.1) is 11.3 Å². The fourth-order valence-electron chi connectivity index (χ4n) is 1.49. The van der Waals surface area contributed by atoms with Gasteiger partial charge in [0.2, 0.25) is 0 Å². The molecule has 0 spiro atoms. The highest BCUT2D eigenvalue weighted by atomic mass is 32.1. The van der Waals surface area contributed by atoms with Crippen molar-refractivity contribution in [2.75, 3.05) is 6.54 Å². The average Bonchev–Trinajstić information content (AvgIpc) is 2.47. The molecule has 1 aromatic rings. The minimum Gasteiger partial charge on any atom is -0.384 e. The highest BCUT2D eigenvalue weighted by molar-refractivity contribution is 7.10. The van der Waals surface area contributed by atoms with Crippen LogP contribution in [0, 0.1) is 5.41 Å². The summed E-state index contributed by atoms with van der Waals surface area (Å²) < 4.78 is 0. The van der Waals surface area contributed by atoms with Crippen molar-refractivity contribution in [1.29, 1.82) is 5.41 Å². The molecular formula is C8H11N3S. The molecule has 0 aromatic carbocycles. The second kappa shape index (κ2) is 2.88. The summed E-state index contributed by atoms with van der Waals surface area (Å²) >= 11 is 1.70. The van der Waals surface area contributed by atoms with E-state index in [-0.39, 0.29) is 5.84 Å². The molecule has 0 amide bonds. The van der Waals surface area contributed by atoms with Gasteiger partial charge in [-0.2, -0.15) is 0 Å². The van der Waals surface area contributed by atoms with Crippen LogP contribution in [0.25, 0.3) is 0 Å². The minimum atomic E-state index is 0.203. The lowest BCUT2D eigenvalue weighted by molar-refractivity contribution is 0.654. The zero-order valence-corrected chi connectivity index (χ0v) is 7.50. The second-order valence-electron chi connectivity index (χ2n) is 2.89. The number of nitrogens with one attached hydrogen (secondary N) is 2. The Kier molecular flexibility index (Phi) is 1.86. The minimum absolute atomic E-state index is 0.203. The predicted molar refractivity (Wildman–Crippen MR) is 50.7 cm³/mol. The van der Waals surface area contributed by atoms with E-state index in [2.05, 4.69) is 5.32 Å². The zero-order chi connectivity index (χ0) is 8.55. The van der Waals surface area contributed by atoms with Crippen molar-refractivity contribution in [3.63, 3.8) is 0 Å². The fraction of sp³-hybridized carbons (Fsp3) is 0.375. The first-order valence-electron chi connectivity index (χ1n) is 3.93. The van der Waals surface area contributed by atoms with Crippen molar-refractivity contribution in [2.45, 2.75) is 13.0 Å². The number of hydrogen-bond donors (Lipinski definition) is 3. The highest BCUT2D eigenvalue weighted by Crippen LogP contribution is 2.24. The van der Waals surface area contributed by atoms with Gasteiger partial charge in [-0.3, -0.25) is 5.41 Å². The summed E-state index contributed by atoms with van der Waals surface area (Å²) in [5, 5.41) is 12.6. The number of thiophene rings is 1. The van der Waals surface area contributed by atoms with E-state index in [1.54, 1.807) is 11.3 Å². The largest absolute Gasteiger partial charge is 0.384 e. The SMILES string of the molecule is N=C(N)c1csc2c1CCNC2. The van der Waals surface area contributed by atoms with Crippen LogP contribution in [-0.2, 0) is 13.0 Å². The van der Waals surface area contributed by atoms with Crippen LogP contribution in [0.3, 0.4) is 0 Å². The molecule has 2 heterocycles. The molecule has 1 aliphatic rings. The Hall–Kier alpha value is -0.870. The molecule has 0 bridgehead atoms. The summed E-state index contributed by atoms with van der Waals surface area (Å²) in [5.74, 6) is 0.203. The van der Waals surface area contributed by atoms with Gasteiger partial charge in [-0.05, 0) is 18.5 Å². The molecule has 4 N–H and O–H groups in total. The van der Waals surface area contributed by atoms with Crippen molar-refractivity contribution in [1.82, 2.24) is 5.32 Å². The number of nitrogens with two attached hydrogens (primary N) is 1. The lowest BCUT2D eigenvalue weighted by Crippen LogP contribution is -2.24. The molecule has 0 fully saturated rings. The summed E-state index contributed by atoms with van der Waals surface area (Å²) in [4.78, 5) is 1.34. The van der Waals surface area contributed by atoms with Gasteiger partial charge in [0, 0.05) is 22.4 Å². The predicted octanol–water partition coefficient (Wildman–Crippen LogP) is 0.678. The maximum Gasteiger partial charge on any atom is 0.123 e. The number of rotatable bonds is 1. The Morgan fingerprint density at radius 2 is 2.50 bits per heavy atom. The Morgan fingerprint density at radius 3 is 3.25 bits per heavy atom. The van der Waals surface area contributed by atoms with Crippen molar-refractivity contribution in [2.24, 2.45) is 5.73 Å². The van der Waals surface area contributed by atoms with E-state index in [9.17, 15) is 0 Å². The van der Waals surface area contributed by atoms with Crippen LogP contribution in [0.5, 0.6) is 0 Å². The molecule has 0 radical (unpaired) electrons. The maximum atomic E-state index is 7.36. The third kappa shape index (κ3) is 1.13. The van der Waals surface area contributed by atoms with E-state index in [1.807, 2.05) is 5.38 Å². The van der Waals surface area contributed by atoms with Crippen molar-refractivity contribution in [3.05, 3.63) is 21.4 Å². The van der Waals surface area contributed by atoms with Crippen LogP contribution in [0.1, 0.15) is 16.0 Å². The first kappa shape index (κ1) is 7.76. The molecule has 0 saturated carbocycles. The van der Waals surface area contributed by atoms with Gasteiger partial charge in [-0.25, -0.2) is 0 Å². The zero-order valence-electron chi connectivity index (χ0n) is 6.68. The number of nitrogen functional groups attached to an aromatic ring is 1. The topological polar surface area (TPSA) is 61.9 Å². The summed E-state index contributed by atoms with van der Waals surface area (Å²) in [6.07, 6.45) is 1.01. The highest BCUT2D eigenvalue weighted by Gasteiger charge is 2.15. The van der Waals surface area contributed by atoms with E-state index in [1.165, 1.54) is 10.4 Å². The van der Waals surface area contributed by atoms with Gasteiger partial charge in [0.15, 0.2) is 0 Å². The molecular weight excluding hydrogens is 170 g/mol. The van der Waals surface area contributed by atoms with Gasteiger partial charge < -0.3 is 11.1 Å². The molecule has 1 aliphatic heterocycles. The summed E-state index contributed by atoms with van der Waals surface area (Å²) in [7, 11) is 0. The number of fused-ring (bicyclic) bond motifs is 1. The molecule has 12 heavy (non-hydrogen) atoms. The molecule has 64 valence electrons. The molecule has 0 aliphatic carbocycles. The Balaban J connectivity index is 2.44. The molecule has 4 heteroatoms. The monoisotopic (exact) mass is 181 g/mol. The van der Waals surface area contributed by atoms with Crippen LogP contribution < -0.4 is 11.1 Å². The average molecular weight is 181 g/mol. The lowest BCUT2D eigenvalue weighted by atomic mass is 10.0. The van der Waals surface area contributed by atoms with Crippen LogP contribution in [0.15, 0.2) is 5.38 Å². The molecule has 3 nitrogen and oxygen atoms in total. The second-order valence-corrected chi connectivity index (χ2v) is 3.86. The Morgan fingerprint density at radius 1 is 1.67 bits per heavy atom. The maximum absolute atomic E-state index is 7.36. The third-order valence-corrected chi connectivity index (χ3v) is 3.14. The van der Waals surface area contributed by atoms with E-state index in [0.29, 0.717) is 0 Å². The van der Waals surface area contributed by atoms with E-state index < -0.39 is 0 Å². The molecule has 0 atom stereocenters. The lowest BCUT2D eigenvalue weighted by Gasteiger charge is -2.13. The summed E-state index contributed by atoms with van der Waals surface area (Å²) in [5.41, 5.74) is 7.68. The molecule has 0 unspecified atom stereocenters. The quantitative estimate of drug-likeness (QED) is 0.440. The van der Waals surface area contributed by atoms with Gasteiger partial charge in [0.25, 0.3) is 0 Å². The van der Waals surface area contributed by atoms with Crippen molar-refractivity contribution in [3.8, 4) is 0 Å². The molecule has 2 rings (SSSR count). The van der Waals surface area contributed by atoms with E-state index in [0.717, 1.165) is 25.1 Å². The molecule has 1 aromatic heterocycles. The van der Waals surface area contributed by atoms with Gasteiger partial charge in [0.1, 0.15) is 5.84 Å². The van der Waals surface area contributed by atoms with Crippen LogP contribution in [-0.4, -0.2) is 12.4 Å². The first-order valence-corrected chi connectivity index (χ1v) is 4.81. The summed E-state index contributed by atoms with van der Waals surface area (Å²) in [6.45, 7) is 1.94. The van der Waals surface area contributed by atoms with Gasteiger partial charge in [0.05, 0.1) is 0 Å². The number of hydrogen-bond acceptors (Lipinski definition) is 3. The molecule has 0 saturated heterocycles. The van der Waals surface area contributed by atoms with Gasteiger partial charge >= 0.3 is 0 Å². The van der Waals surface area contributed by atoms with Crippen LogP contribution in [0.4, 0.5) is 0 Å². The third-order valence-electron chi connectivity index (χ3n) is 2.11. The first-order chi connectivity index (χ1) is 5.79. The Bertz CT molecular complexity index is 316. The van der Waals surface area contributed by atoms with Crippen molar-refractivity contribution >= 4 is 17.2 Å². The smallest absolute Gasteiger partial charge is 0.123 e. The normalized spacial score (nSPS) is 15.7. The Labute approximate surface area is 75.1 Å².